The highest BCUT2D eigenvalue weighted by Gasteiger charge is 2.38. The van der Waals surface area contributed by atoms with E-state index >= 15 is 0 Å². The maximum Gasteiger partial charge on any atom is 0.421 e. The van der Waals surface area contributed by atoms with Crippen molar-refractivity contribution >= 4 is 11.6 Å². The number of hydrogen-bond acceptors (Lipinski definition) is 2. The van der Waals surface area contributed by atoms with Gasteiger partial charge in [0.25, 0.3) is 0 Å². The molecule has 1 aromatic carbocycles. The van der Waals surface area contributed by atoms with E-state index in [1.807, 2.05) is 6.92 Å². The second-order valence-electron chi connectivity index (χ2n) is 4.93. The Balaban J connectivity index is 2.26. The van der Waals surface area contributed by atoms with Gasteiger partial charge in [-0.05, 0) is 31.5 Å². The fraction of sp³-hybridized carbons (Fsp3) is 0.571. The molecule has 1 heterocycles. The summed E-state index contributed by atoms with van der Waals surface area (Å²) in [6, 6.07) is 4.04. The smallest absolute Gasteiger partial charge is 0.421 e. The average molecular weight is 308 g/mol. The van der Waals surface area contributed by atoms with Crippen LogP contribution in [-0.4, -0.2) is 19.2 Å². The van der Waals surface area contributed by atoms with Crippen molar-refractivity contribution in [2.75, 3.05) is 13.1 Å². The molecule has 0 bridgehead atoms. The molecule has 0 radical (unpaired) electrons. The lowest BCUT2D eigenvalue weighted by Crippen LogP contribution is -2.29. The highest BCUT2D eigenvalue weighted by Crippen LogP contribution is 2.41. The van der Waals surface area contributed by atoms with E-state index in [1.54, 1.807) is 0 Å². The van der Waals surface area contributed by atoms with Gasteiger partial charge in [0.05, 0.1) is 5.02 Å². The molecule has 2 rings (SSSR count). The molecule has 0 amide bonds. The Morgan fingerprint density at radius 1 is 1.45 bits per heavy atom. The zero-order valence-electron chi connectivity index (χ0n) is 11.1. The molecule has 0 aliphatic carbocycles. The van der Waals surface area contributed by atoms with E-state index in [-0.39, 0.29) is 22.8 Å². The molecule has 1 aliphatic rings. The number of alkyl halides is 3. The SMILES string of the molecule is CC[C@@H](Oc1cccc(Cl)c1C(F)(F)F)[C@@H]1CCNC1. The van der Waals surface area contributed by atoms with Gasteiger partial charge in [0, 0.05) is 12.5 Å². The third-order valence-electron chi connectivity index (χ3n) is 3.56. The predicted octanol–water partition coefficient (Wildman–Crippen LogP) is 4.13. The van der Waals surface area contributed by atoms with Crippen molar-refractivity contribution in [1.29, 1.82) is 0 Å². The Morgan fingerprint density at radius 3 is 2.75 bits per heavy atom. The van der Waals surface area contributed by atoms with Crippen molar-refractivity contribution in [3.05, 3.63) is 28.8 Å². The van der Waals surface area contributed by atoms with Crippen LogP contribution in [0.5, 0.6) is 5.75 Å². The van der Waals surface area contributed by atoms with E-state index in [1.165, 1.54) is 18.2 Å². The summed E-state index contributed by atoms with van der Waals surface area (Å²) < 4.78 is 44.8. The first-order chi connectivity index (χ1) is 9.43. The molecule has 0 saturated carbocycles. The van der Waals surface area contributed by atoms with Crippen molar-refractivity contribution in [3.63, 3.8) is 0 Å². The first kappa shape index (κ1) is 15.4. The zero-order valence-corrected chi connectivity index (χ0v) is 11.9. The van der Waals surface area contributed by atoms with E-state index in [2.05, 4.69) is 5.32 Å². The van der Waals surface area contributed by atoms with E-state index in [0.717, 1.165) is 19.5 Å². The lowest BCUT2D eigenvalue weighted by molar-refractivity contribution is -0.139. The Bertz CT molecular complexity index is 458. The van der Waals surface area contributed by atoms with Crippen LogP contribution >= 0.6 is 11.6 Å². The van der Waals surface area contributed by atoms with E-state index < -0.39 is 11.7 Å². The molecule has 20 heavy (non-hydrogen) atoms. The maximum atomic E-state index is 13.1. The van der Waals surface area contributed by atoms with Crippen molar-refractivity contribution in [2.24, 2.45) is 5.92 Å². The summed E-state index contributed by atoms with van der Waals surface area (Å²) in [6.07, 6.45) is -3.17. The minimum absolute atomic E-state index is 0.177. The molecule has 0 unspecified atom stereocenters. The second-order valence-corrected chi connectivity index (χ2v) is 5.34. The summed E-state index contributed by atoms with van der Waals surface area (Å²) in [6.45, 7) is 3.58. The summed E-state index contributed by atoms with van der Waals surface area (Å²) >= 11 is 5.69. The van der Waals surface area contributed by atoms with Gasteiger partial charge in [0.15, 0.2) is 0 Å². The average Bonchev–Trinajstić information content (AvgIpc) is 2.88. The molecule has 0 spiro atoms. The summed E-state index contributed by atoms with van der Waals surface area (Å²) in [5, 5.41) is 2.88. The number of nitrogens with one attached hydrogen (secondary N) is 1. The molecule has 0 aromatic heterocycles. The van der Waals surface area contributed by atoms with Gasteiger partial charge in [0.2, 0.25) is 0 Å². The van der Waals surface area contributed by atoms with Crippen LogP contribution in [0.3, 0.4) is 0 Å². The molecule has 1 N–H and O–H groups in total. The number of rotatable bonds is 4. The molecule has 2 atom stereocenters. The normalized spacial score (nSPS) is 20.9. The van der Waals surface area contributed by atoms with Gasteiger partial charge in [0.1, 0.15) is 17.4 Å². The van der Waals surface area contributed by atoms with Crippen molar-refractivity contribution in [3.8, 4) is 5.75 Å². The molecular weight excluding hydrogens is 291 g/mol. The summed E-state index contributed by atoms with van der Waals surface area (Å²) in [7, 11) is 0. The van der Waals surface area contributed by atoms with E-state index in [0.29, 0.717) is 6.42 Å². The molecular formula is C14H17ClF3NO. The molecule has 2 nitrogen and oxygen atoms in total. The van der Waals surface area contributed by atoms with Crippen LogP contribution in [0, 0.1) is 5.92 Å². The highest BCUT2D eigenvalue weighted by atomic mass is 35.5. The number of hydrogen-bond donors (Lipinski definition) is 1. The van der Waals surface area contributed by atoms with Crippen molar-refractivity contribution in [1.82, 2.24) is 5.32 Å². The van der Waals surface area contributed by atoms with E-state index in [4.69, 9.17) is 16.3 Å². The first-order valence-electron chi connectivity index (χ1n) is 6.66. The van der Waals surface area contributed by atoms with Crippen LogP contribution < -0.4 is 10.1 Å². The molecule has 1 aromatic rings. The van der Waals surface area contributed by atoms with Crippen LogP contribution in [-0.2, 0) is 6.18 Å². The predicted molar refractivity (Wildman–Crippen MR) is 72.1 cm³/mol. The number of benzene rings is 1. The van der Waals surface area contributed by atoms with Gasteiger partial charge < -0.3 is 10.1 Å². The van der Waals surface area contributed by atoms with Gasteiger partial charge in [-0.1, -0.05) is 24.6 Å². The minimum Gasteiger partial charge on any atom is -0.489 e. The molecule has 1 fully saturated rings. The lowest BCUT2D eigenvalue weighted by atomic mass is 9.99. The molecule has 112 valence electrons. The fourth-order valence-electron chi connectivity index (χ4n) is 2.55. The third kappa shape index (κ3) is 3.38. The second kappa shape index (κ2) is 6.22. The summed E-state index contributed by atoms with van der Waals surface area (Å²) in [5.74, 6) is 0.0591. The van der Waals surface area contributed by atoms with E-state index in [9.17, 15) is 13.2 Å². The van der Waals surface area contributed by atoms with Gasteiger partial charge in [-0.25, -0.2) is 0 Å². The van der Waals surface area contributed by atoms with Crippen molar-refractivity contribution in [2.45, 2.75) is 32.0 Å². The first-order valence-corrected chi connectivity index (χ1v) is 7.04. The summed E-state index contributed by atoms with van der Waals surface area (Å²) in [4.78, 5) is 0. The van der Waals surface area contributed by atoms with Crippen LogP contribution in [0.15, 0.2) is 18.2 Å². The van der Waals surface area contributed by atoms with Gasteiger partial charge in [-0.2, -0.15) is 13.2 Å². The molecule has 1 saturated heterocycles. The standard InChI is InChI=1S/C14H17ClF3NO/c1-2-11(9-6-7-19-8-9)20-12-5-3-4-10(15)13(12)14(16,17)18/h3-5,9,11,19H,2,6-8H2,1H3/t9-,11-/m1/s1. The topological polar surface area (TPSA) is 21.3 Å². The van der Waals surface area contributed by atoms with Gasteiger partial charge >= 0.3 is 6.18 Å². The lowest BCUT2D eigenvalue weighted by Gasteiger charge is -2.25. The van der Waals surface area contributed by atoms with Crippen LogP contribution in [0.4, 0.5) is 13.2 Å². The highest BCUT2D eigenvalue weighted by molar-refractivity contribution is 6.31. The Labute approximate surface area is 121 Å². The summed E-state index contributed by atoms with van der Waals surface area (Å²) in [5.41, 5.74) is -0.883. The minimum atomic E-state index is -4.51. The monoisotopic (exact) mass is 307 g/mol. The van der Waals surface area contributed by atoms with Crippen LogP contribution in [0.2, 0.25) is 5.02 Å². The third-order valence-corrected chi connectivity index (χ3v) is 3.88. The number of ether oxygens (including phenoxy) is 1. The van der Waals surface area contributed by atoms with Crippen molar-refractivity contribution < 1.29 is 17.9 Å². The zero-order chi connectivity index (χ0) is 14.8. The van der Waals surface area contributed by atoms with Gasteiger partial charge in [-0.15, -0.1) is 0 Å². The van der Waals surface area contributed by atoms with Gasteiger partial charge in [-0.3, -0.25) is 0 Å². The Kier molecular flexibility index (Phi) is 4.81. The fourth-order valence-corrected chi connectivity index (χ4v) is 2.82. The quantitative estimate of drug-likeness (QED) is 0.903. The number of halogens is 4. The molecule has 6 heteroatoms. The largest absolute Gasteiger partial charge is 0.489 e. The Hall–Kier alpha value is -0.940. The van der Waals surface area contributed by atoms with Crippen LogP contribution in [0.1, 0.15) is 25.3 Å². The maximum absolute atomic E-state index is 13.1. The Morgan fingerprint density at radius 2 is 2.20 bits per heavy atom. The van der Waals surface area contributed by atoms with Crippen LogP contribution in [0.25, 0.3) is 0 Å². The molecule has 1 aliphatic heterocycles.